The molecule has 0 saturated carbocycles. The predicted octanol–water partition coefficient (Wildman–Crippen LogP) is 4.55. The molecule has 10 heteroatoms. The minimum atomic E-state index is -4.62. The van der Waals surface area contributed by atoms with Gasteiger partial charge in [-0.2, -0.15) is 18.3 Å². The summed E-state index contributed by atoms with van der Waals surface area (Å²) in [5.41, 5.74) is 1.80. The smallest absolute Gasteiger partial charge is 0.378 e. The van der Waals surface area contributed by atoms with Crippen molar-refractivity contribution in [2.45, 2.75) is 32.2 Å². The summed E-state index contributed by atoms with van der Waals surface area (Å²) in [6.45, 7) is 2.13. The number of rotatable bonds is 6. The summed E-state index contributed by atoms with van der Waals surface area (Å²) in [5.74, 6) is -0.779. The molecule has 1 aliphatic heterocycles. The number of hydrogen-bond donors (Lipinski definition) is 2. The van der Waals surface area contributed by atoms with Gasteiger partial charge in [0.2, 0.25) is 5.91 Å². The maximum atomic E-state index is 13.2. The van der Waals surface area contributed by atoms with E-state index in [2.05, 4.69) is 15.7 Å². The molecule has 0 radical (unpaired) electrons. The molecule has 2 heterocycles. The molecule has 0 fully saturated rings. The van der Waals surface area contributed by atoms with Crippen LogP contribution in [-0.2, 0) is 27.1 Å². The number of para-hydroxylation sites is 1. The zero-order valence-corrected chi connectivity index (χ0v) is 17.9. The molecular formula is C23H21F3N4O3. The quantitative estimate of drug-likeness (QED) is 0.568. The third kappa shape index (κ3) is 4.47. The van der Waals surface area contributed by atoms with E-state index in [1.165, 1.54) is 30.0 Å². The lowest BCUT2D eigenvalue weighted by atomic mass is 10.0. The van der Waals surface area contributed by atoms with Crippen LogP contribution < -0.4 is 10.6 Å². The molecule has 1 atom stereocenters. The topological polar surface area (TPSA) is 85.2 Å². The molecule has 1 unspecified atom stereocenters. The average molecular weight is 458 g/mol. The van der Waals surface area contributed by atoms with Gasteiger partial charge in [-0.15, -0.1) is 0 Å². The van der Waals surface area contributed by atoms with Gasteiger partial charge in [0.1, 0.15) is 11.9 Å². The van der Waals surface area contributed by atoms with Crippen molar-refractivity contribution < 1.29 is 27.5 Å². The Labute approximate surface area is 187 Å². The molecule has 172 valence electrons. The zero-order valence-electron chi connectivity index (χ0n) is 17.9. The van der Waals surface area contributed by atoms with Gasteiger partial charge in [0, 0.05) is 12.7 Å². The number of ether oxygens (including phenoxy) is 1. The molecule has 0 saturated heterocycles. The number of anilines is 2. The van der Waals surface area contributed by atoms with Crippen molar-refractivity contribution in [3.63, 3.8) is 0 Å². The van der Waals surface area contributed by atoms with Crippen LogP contribution in [0.2, 0.25) is 0 Å². The standard InChI is InChI=1S/C23H21F3N4O3/c1-13-7-9-14(10-8-13)20-17(12-33-2)29-30-18(22(32)28-21(20)30)11-19(31)27-16-6-4-3-5-15(16)23(24,25)26/h3-10,18H,11-12H2,1-2H3,(H,27,31)(H,28,32). The highest BCUT2D eigenvalue weighted by molar-refractivity contribution is 6.04. The summed E-state index contributed by atoms with van der Waals surface area (Å²) in [6, 6.07) is 11.3. The first-order valence-electron chi connectivity index (χ1n) is 10.1. The van der Waals surface area contributed by atoms with Crippen molar-refractivity contribution in [2.75, 3.05) is 17.7 Å². The molecule has 1 aromatic heterocycles. The summed E-state index contributed by atoms with van der Waals surface area (Å²) in [5, 5.41) is 9.51. The fraction of sp³-hybridized carbons (Fsp3) is 0.261. The number of hydrogen-bond acceptors (Lipinski definition) is 4. The Kier molecular flexibility index (Phi) is 5.94. The molecule has 2 amide bonds. The largest absolute Gasteiger partial charge is 0.418 e. The number of carbonyl (C=O) groups excluding carboxylic acids is 2. The molecule has 3 aromatic rings. The summed E-state index contributed by atoms with van der Waals surface area (Å²) >= 11 is 0. The molecule has 0 aliphatic carbocycles. The number of aromatic nitrogens is 2. The van der Waals surface area contributed by atoms with Crippen molar-refractivity contribution in [3.05, 3.63) is 65.4 Å². The van der Waals surface area contributed by atoms with Crippen LogP contribution in [0.5, 0.6) is 0 Å². The third-order valence-electron chi connectivity index (χ3n) is 5.33. The van der Waals surface area contributed by atoms with Crippen LogP contribution in [0, 0.1) is 6.92 Å². The van der Waals surface area contributed by atoms with Crippen LogP contribution in [0.25, 0.3) is 11.1 Å². The minimum absolute atomic E-state index is 0.178. The Morgan fingerprint density at radius 2 is 1.88 bits per heavy atom. The number of fused-ring (bicyclic) bond motifs is 1. The van der Waals surface area contributed by atoms with E-state index in [4.69, 9.17) is 4.74 Å². The van der Waals surface area contributed by atoms with Crippen molar-refractivity contribution in [1.82, 2.24) is 9.78 Å². The van der Waals surface area contributed by atoms with Crippen LogP contribution >= 0.6 is 0 Å². The number of methoxy groups -OCH3 is 1. The minimum Gasteiger partial charge on any atom is -0.378 e. The lowest BCUT2D eigenvalue weighted by Crippen LogP contribution is -2.24. The van der Waals surface area contributed by atoms with Gasteiger partial charge < -0.3 is 15.4 Å². The van der Waals surface area contributed by atoms with Gasteiger partial charge in [0.05, 0.1) is 30.0 Å². The maximum absolute atomic E-state index is 13.2. The second kappa shape index (κ2) is 8.70. The van der Waals surface area contributed by atoms with Crippen LogP contribution in [-0.4, -0.2) is 28.7 Å². The van der Waals surface area contributed by atoms with Crippen molar-refractivity contribution in [1.29, 1.82) is 0 Å². The number of aryl methyl sites for hydroxylation is 1. The number of halogens is 3. The normalized spacial score (nSPS) is 15.3. The number of nitrogens with zero attached hydrogens (tertiary/aromatic N) is 2. The lowest BCUT2D eigenvalue weighted by Gasteiger charge is -2.14. The van der Waals surface area contributed by atoms with Crippen LogP contribution in [0.15, 0.2) is 48.5 Å². The van der Waals surface area contributed by atoms with E-state index in [-0.39, 0.29) is 18.7 Å². The van der Waals surface area contributed by atoms with E-state index >= 15 is 0 Å². The van der Waals surface area contributed by atoms with Crippen molar-refractivity contribution >= 4 is 23.3 Å². The predicted molar refractivity (Wildman–Crippen MR) is 115 cm³/mol. The SMILES string of the molecule is COCc1nn2c(c1-c1ccc(C)cc1)NC(=O)C2CC(=O)Nc1ccccc1C(F)(F)F. The first-order chi connectivity index (χ1) is 15.7. The Bertz CT molecular complexity index is 1200. The number of alkyl halides is 3. The number of nitrogens with one attached hydrogen (secondary N) is 2. The summed E-state index contributed by atoms with van der Waals surface area (Å²) in [6.07, 6.45) is -5.01. The molecule has 33 heavy (non-hydrogen) atoms. The highest BCUT2D eigenvalue weighted by atomic mass is 19.4. The van der Waals surface area contributed by atoms with E-state index in [1.54, 1.807) is 0 Å². The first kappa shape index (κ1) is 22.5. The van der Waals surface area contributed by atoms with Crippen molar-refractivity contribution in [3.8, 4) is 11.1 Å². The van der Waals surface area contributed by atoms with Gasteiger partial charge in [-0.25, -0.2) is 4.68 Å². The van der Waals surface area contributed by atoms with Crippen LogP contribution in [0.1, 0.15) is 29.3 Å². The fourth-order valence-corrected chi connectivity index (χ4v) is 3.79. The molecule has 7 nitrogen and oxygen atoms in total. The van der Waals surface area contributed by atoms with Gasteiger partial charge in [0.25, 0.3) is 5.91 Å². The van der Waals surface area contributed by atoms with E-state index < -0.39 is 29.6 Å². The highest BCUT2D eigenvalue weighted by Crippen LogP contribution is 2.39. The van der Waals surface area contributed by atoms with Gasteiger partial charge in [-0.1, -0.05) is 42.0 Å². The summed E-state index contributed by atoms with van der Waals surface area (Å²) in [7, 11) is 1.52. The monoisotopic (exact) mass is 458 g/mol. The summed E-state index contributed by atoms with van der Waals surface area (Å²) in [4.78, 5) is 25.3. The molecule has 4 rings (SSSR count). The van der Waals surface area contributed by atoms with Gasteiger partial charge in [-0.05, 0) is 24.6 Å². The molecule has 2 N–H and O–H groups in total. The first-order valence-corrected chi connectivity index (χ1v) is 10.1. The van der Waals surface area contributed by atoms with Crippen LogP contribution in [0.3, 0.4) is 0 Å². The molecule has 0 spiro atoms. The van der Waals surface area contributed by atoms with Crippen molar-refractivity contribution in [2.24, 2.45) is 0 Å². The highest BCUT2D eigenvalue weighted by Gasteiger charge is 2.38. The van der Waals surface area contributed by atoms with Gasteiger partial charge in [-0.3, -0.25) is 9.59 Å². The second-order valence-electron chi connectivity index (χ2n) is 7.71. The number of benzene rings is 2. The fourth-order valence-electron chi connectivity index (χ4n) is 3.79. The van der Waals surface area contributed by atoms with E-state index in [0.717, 1.165) is 17.2 Å². The second-order valence-corrected chi connectivity index (χ2v) is 7.71. The van der Waals surface area contributed by atoms with E-state index in [9.17, 15) is 22.8 Å². The molecule has 0 bridgehead atoms. The Hall–Kier alpha value is -3.66. The Morgan fingerprint density at radius 1 is 1.18 bits per heavy atom. The Balaban J connectivity index is 1.62. The number of carbonyl (C=O) groups is 2. The van der Waals surface area contributed by atoms with E-state index in [0.29, 0.717) is 17.1 Å². The zero-order chi connectivity index (χ0) is 23.8. The maximum Gasteiger partial charge on any atom is 0.418 e. The number of amides is 2. The van der Waals surface area contributed by atoms with Gasteiger partial charge in [0.15, 0.2) is 0 Å². The average Bonchev–Trinajstić information content (AvgIpc) is 3.24. The summed E-state index contributed by atoms with van der Waals surface area (Å²) < 4.78 is 46.3. The molecule has 1 aliphatic rings. The molecule has 2 aromatic carbocycles. The third-order valence-corrected chi connectivity index (χ3v) is 5.33. The van der Waals surface area contributed by atoms with Crippen LogP contribution in [0.4, 0.5) is 24.7 Å². The van der Waals surface area contributed by atoms with E-state index in [1.807, 2.05) is 31.2 Å². The Morgan fingerprint density at radius 3 is 2.55 bits per heavy atom. The lowest BCUT2D eigenvalue weighted by molar-refractivity contribution is -0.137. The van der Waals surface area contributed by atoms with Gasteiger partial charge >= 0.3 is 6.18 Å². The molecular weight excluding hydrogens is 437 g/mol.